The number of halogens is 3. The molecule has 0 aliphatic carbocycles. The smallest absolute Gasteiger partial charge is 0.404 e. The Morgan fingerprint density at radius 3 is 2.48 bits per heavy atom. The third-order valence-electron chi connectivity index (χ3n) is 2.36. The van der Waals surface area contributed by atoms with Crippen LogP contribution in [0.3, 0.4) is 0 Å². The molecule has 6 nitrogen and oxygen atoms in total. The van der Waals surface area contributed by atoms with Gasteiger partial charge in [0.15, 0.2) is 5.75 Å². The van der Waals surface area contributed by atoms with Gasteiger partial charge in [-0.15, -0.1) is 13.2 Å². The summed E-state index contributed by atoms with van der Waals surface area (Å²) in [6.45, 7) is 1.63. The number of aromatic nitrogens is 2. The van der Waals surface area contributed by atoms with Crippen LogP contribution in [0.15, 0.2) is 30.3 Å². The van der Waals surface area contributed by atoms with Crippen molar-refractivity contribution in [1.82, 2.24) is 9.97 Å². The molecule has 0 radical (unpaired) electrons. The minimum absolute atomic E-state index is 0.121. The largest absolute Gasteiger partial charge is 0.573 e. The molecule has 0 atom stereocenters. The number of aryl methyl sites for hydroxylation is 1. The first-order valence-electron chi connectivity index (χ1n) is 5.81. The van der Waals surface area contributed by atoms with E-state index in [2.05, 4.69) is 25.4 Å². The number of nitrogen functional groups attached to an aromatic ring is 1. The van der Waals surface area contributed by atoms with E-state index in [1.54, 1.807) is 13.0 Å². The van der Waals surface area contributed by atoms with E-state index in [1.165, 1.54) is 24.3 Å². The molecule has 0 amide bonds. The topological polar surface area (TPSA) is 85.1 Å². The Labute approximate surface area is 118 Å². The number of ether oxygens (including phenoxy) is 1. The molecule has 0 aliphatic heterocycles. The summed E-state index contributed by atoms with van der Waals surface area (Å²) < 4.78 is 41.0. The van der Waals surface area contributed by atoms with E-state index < -0.39 is 6.36 Å². The molecule has 1 aromatic heterocycles. The van der Waals surface area contributed by atoms with E-state index >= 15 is 0 Å². The number of alkyl halides is 3. The molecule has 0 unspecified atom stereocenters. The number of nitrogens with one attached hydrogen (secondary N) is 2. The highest BCUT2D eigenvalue weighted by atomic mass is 19.4. The van der Waals surface area contributed by atoms with E-state index in [-0.39, 0.29) is 17.3 Å². The van der Waals surface area contributed by atoms with Gasteiger partial charge < -0.3 is 15.5 Å². The molecule has 0 aliphatic rings. The maximum Gasteiger partial charge on any atom is 0.573 e. The first-order valence-corrected chi connectivity index (χ1v) is 5.81. The fourth-order valence-corrected chi connectivity index (χ4v) is 1.63. The molecule has 2 aromatic rings. The molecule has 0 saturated heterocycles. The van der Waals surface area contributed by atoms with E-state index in [0.717, 1.165) is 0 Å². The van der Waals surface area contributed by atoms with Crippen molar-refractivity contribution in [1.29, 1.82) is 0 Å². The maximum atomic E-state index is 12.3. The third-order valence-corrected chi connectivity index (χ3v) is 2.36. The predicted molar refractivity (Wildman–Crippen MR) is 71.0 cm³/mol. The van der Waals surface area contributed by atoms with Gasteiger partial charge in [0.25, 0.3) is 0 Å². The Kier molecular flexibility index (Phi) is 4.13. The van der Waals surface area contributed by atoms with Gasteiger partial charge in [0, 0.05) is 6.07 Å². The molecular formula is C12H12F3N5O. The zero-order valence-corrected chi connectivity index (χ0v) is 10.9. The van der Waals surface area contributed by atoms with Gasteiger partial charge >= 0.3 is 6.36 Å². The summed E-state index contributed by atoms with van der Waals surface area (Å²) in [5.41, 5.74) is 2.47. The molecule has 112 valence electrons. The van der Waals surface area contributed by atoms with Gasteiger partial charge in [0.05, 0.1) is 5.69 Å². The van der Waals surface area contributed by atoms with Crippen molar-refractivity contribution in [2.24, 2.45) is 5.84 Å². The first kappa shape index (κ1) is 14.9. The Morgan fingerprint density at radius 2 is 1.81 bits per heavy atom. The van der Waals surface area contributed by atoms with Gasteiger partial charge in [-0.3, -0.25) is 0 Å². The number of rotatable bonds is 4. The van der Waals surface area contributed by atoms with Crippen LogP contribution in [0.5, 0.6) is 5.75 Å². The van der Waals surface area contributed by atoms with Crippen molar-refractivity contribution < 1.29 is 17.9 Å². The van der Waals surface area contributed by atoms with Gasteiger partial charge in [-0.25, -0.2) is 15.8 Å². The van der Waals surface area contributed by atoms with Crippen LogP contribution in [0.25, 0.3) is 0 Å². The standard InChI is InChI=1S/C12H12F3N5O/c1-7-17-10(6-11(18-7)20-16)19-8-4-2-3-5-9(8)21-12(13,14)15/h2-6H,16H2,1H3,(H2,17,18,19,20). The fraction of sp³-hybridized carbons (Fsp3) is 0.167. The lowest BCUT2D eigenvalue weighted by atomic mass is 10.3. The average molecular weight is 299 g/mol. The van der Waals surface area contributed by atoms with Crippen molar-refractivity contribution in [3.8, 4) is 5.75 Å². The fourth-order valence-electron chi connectivity index (χ4n) is 1.63. The van der Waals surface area contributed by atoms with Crippen LogP contribution in [-0.2, 0) is 0 Å². The van der Waals surface area contributed by atoms with Gasteiger partial charge in [-0.2, -0.15) is 0 Å². The van der Waals surface area contributed by atoms with E-state index in [9.17, 15) is 13.2 Å². The highest BCUT2D eigenvalue weighted by molar-refractivity contribution is 5.65. The van der Waals surface area contributed by atoms with Crippen LogP contribution in [0.4, 0.5) is 30.5 Å². The molecule has 21 heavy (non-hydrogen) atoms. The quantitative estimate of drug-likeness (QED) is 0.594. The third kappa shape index (κ3) is 4.21. The Balaban J connectivity index is 2.29. The molecule has 9 heteroatoms. The van der Waals surface area contributed by atoms with Crippen LogP contribution in [0.2, 0.25) is 0 Å². The number of nitrogens with zero attached hydrogens (tertiary/aromatic N) is 2. The monoisotopic (exact) mass is 299 g/mol. The average Bonchev–Trinajstić information content (AvgIpc) is 2.38. The van der Waals surface area contributed by atoms with Crippen molar-refractivity contribution in [2.75, 3.05) is 10.7 Å². The van der Waals surface area contributed by atoms with Crippen LogP contribution < -0.4 is 21.3 Å². The van der Waals surface area contributed by atoms with Crippen molar-refractivity contribution in [3.05, 3.63) is 36.2 Å². The molecule has 0 bridgehead atoms. The Bertz CT molecular complexity index is 633. The zero-order chi connectivity index (χ0) is 15.5. The Morgan fingerprint density at radius 1 is 1.14 bits per heavy atom. The van der Waals surface area contributed by atoms with Crippen LogP contribution in [0, 0.1) is 6.92 Å². The number of hydrogen-bond donors (Lipinski definition) is 3. The minimum Gasteiger partial charge on any atom is -0.404 e. The summed E-state index contributed by atoms with van der Waals surface area (Å²) in [6, 6.07) is 7.10. The lowest BCUT2D eigenvalue weighted by Crippen LogP contribution is -2.18. The number of anilines is 3. The van der Waals surface area contributed by atoms with Crippen LogP contribution in [0.1, 0.15) is 5.82 Å². The van der Waals surface area contributed by atoms with Gasteiger partial charge in [-0.05, 0) is 19.1 Å². The molecule has 1 aromatic carbocycles. The van der Waals surface area contributed by atoms with E-state index in [1.807, 2.05) is 0 Å². The summed E-state index contributed by atoms with van der Waals surface area (Å²) in [7, 11) is 0. The van der Waals surface area contributed by atoms with E-state index in [4.69, 9.17) is 5.84 Å². The summed E-state index contributed by atoms with van der Waals surface area (Å²) in [5.74, 6) is 5.92. The minimum atomic E-state index is -4.77. The molecule has 0 saturated carbocycles. The van der Waals surface area contributed by atoms with Crippen molar-refractivity contribution in [3.63, 3.8) is 0 Å². The molecule has 4 N–H and O–H groups in total. The van der Waals surface area contributed by atoms with E-state index in [0.29, 0.717) is 11.6 Å². The van der Waals surface area contributed by atoms with Crippen LogP contribution >= 0.6 is 0 Å². The predicted octanol–water partition coefficient (Wildman–Crippen LogP) is 2.71. The highest BCUT2D eigenvalue weighted by Gasteiger charge is 2.32. The number of hydrazine groups is 1. The molecule has 1 heterocycles. The summed E-state index contributed by atoms with van der Waals surface area (Å²) in [6.07, 6.45) is -4.77. The number of para-hydroxylation sites is 2. The second-order valence-electron chi connectivity index (χ2n) is 4.00. The van der Waals surface area contributed by atoms with Gasteiger partial charge in [-0.1, -0.05) is 12.1 Å². The molecular weight excluding hydrogens is 287 g/mol. The van der Waals surface area contributed by atoms with Gasteiger partial charge in [0.1, 0.15) is 17.5 Å². The zero-order valence-electron chi connectivity index (χ0n) is 10.9. The second-order valence-corrected chi connectivity index (χ2v) is 4.00. The first-order chi connectivity index (χ1) is 9.87. The van der Waals surface area contributed by atoms with Crippen molar-refractivity contribution >= 4 is 17.3 Å². The van der Waals surface area contributed by atoms with Crippen LogP contribution in [-0.4, -0.2) is 16.3 Å². The van der Waals surface area contributed by atoms with Crippen molar-refractivity contribution in [2.45, 2.75) is 13.3 Å². The molecule has 0 fully saturated rings. The van der Waals surface area contributed by atoms with Gasteiger partial charge in [0.2, 0.25) is 0 Å². The summed E-state index contributed by atoms with van der Waals surface area (Å²) in [4.78, 5) is 8.04. The summed E-state index contributed by atoms with van der Waals surface area (Å²) >= 11 is 0. The maximum absolute atomic E-state index is 12.3. The molecule has 0 spiro atoms. The second kappa shape index (κ2) is 5.83. The number of nitrogens with two attached hydrogens (primary N) is 1. The summed E-state index contributed by atoms with van der Waals surface area (Å²) in [5, 5.41) is 2.74. The number of benzene rings is 1. The Hall–Kier alpha value is -2.55. The molecule has 2 rings (SSSR count). The SMILES string of the molecule is Cc1nc(NN)cc(Nc2ccccc2OC(F)(F)F)n1. The normalized spacial score (nSPS) is 11.1. The lowest BCUT2D eigenvalue weighted by molar-refractivity contribution is -0.274. The highest BCUT2D eigenvalue weighted by Crippen LogP contribution is 2.31. The number of hydrogen-bond acceptors (Lipinski definition) is 6. The lowest BCUT2D eigenvalue weighted by Gasteiger charge is -2.14.